The molecule has 1 fully saturated rings. The lowest BCUT2D eigenvalue weighted by molar-refractivity contribution is -0.120. The molecule has 0 spiro atoms. The van der Waals surface area contributed by atoms with E-state index in [9.17, 15) is 9.59 Å². The SMILES string of the molecule is Cc1cccc(NC(=O)CSc2nc3ccc(NC(=O)C4CCCCC4)cc3s2)c1. The average molecular weight is 440 g/mol. The van der Waals surface area contributed by atoms with Crippen LogP contribution in [0.3, 0.4) is 0 Å². The van der Waals surface area contributed by atoms with Crippen molar-refractivity contribution < 1.29 is 9.59 Å². The van der Waals surface area contributed by atoms with Gasteiger partial charge in [0.1, 0.15) is 0 Å². The van der Waals surface area contributed by atoms with Crippen molar-refractivity contribution in [1.29, 1.82) is 0 Å². The van der Waals surface area contributed by atoms with E-state index in [4.69, 9.17) is 0 Å². The number of thioether (sulfide) groups is 1. The molecule has 30 heavy (non-hydrogen) atoms. The number of hydrogen-bond acceptors (Lipinski definition) is 5. The van der Waals surface area contributed by atoms with E-state index in [1.165, 1.54) is 18.2 Å². The molecule has 0 unspecified atom stereocenters. The second kappa shape index (κ2) is 9.62. The van der Waals surface area contributed by atoms with Gasteiger partial charge in [-0.25, -0.2) is 4.98 Å². The first-order valence-corrected chi connectivity index (χ1v) is 12.1. The van der Waals surface area contributed by atoms with Gasteiger partial charge in [-0.1, -0.05) is 43.2 Å². The lowest BCUT2D eigenvalue weighted by atomic mass is 9.88. The van der Waals surface area contributed by atoms with Crippen molar-refractivity contribution in [3.8, 4) is 0 Å². The van der Waals surface area contributed by atoms with E-state index in [0.29, 0.717) is 5.75 Å². The van der Waals surface area contributed by atoms with Gasteiger partial charge in [-0.2, -0.15) is 0 Å². The average Bonchev–Trinajstić information content (AvgIpc) is 3.15. The van der Waals surface area contributed by atoms with Gasteiger partial charge in [-0.15, -0.1) is 11.3 Å². The third-order valence-electron chi connectivity index (χ3n) is 5.24. The Hall–Kier alpha value is -2.38. The number of carbonyl (C=O) groups excluding carboxylic acids is 2. The molecule has 0 saturated heterocycles. The summed E-state index contributed by atoms with van der Waals surface area (Å²) in [6.45, 7) is 2.00. The van der Waals surface area contributed by atoms with E-state index in [2.05, 4.69) is 15.6 Å². The van der Waals surface area contributed by atoms with Crippen molar-refractivity contribution in [3.05, 3.63) is 48.0 Å². The van der Waals surface area contributed by atoms with E-state index in [-0.39, 0.29) is 17.7 Å². The Kier molecular flexibility index (Phi) is 6.69. The zero-order valence-electron chi connectivity index (χ0n) is 16.9. The normalized spacial score (nSPS) is 14.6. The summed E-state index contributed by atoms with van der Waals surface area (Å²) >= 11 is 2.97. The van der Waals surface area contributed by atoms with E-state index in [0.717, 1.165) is 57.2 Å². The van der Waals surface area contributed by atoms with Crippen LogP contribution in [0, 0.1) is 12.8 Å². The number of rotatable bonds is 6. The smallest absolute Gasteiger partial charge is 0.234 e. The van der Waals surface area contributed by atoms with Crippen LogP contribution in [0.2, 0.25) is 0 Å². The molecule has 0 radical (unpaired) electrons. The van der Waals surface area contributed by atoms with Gasteiger partial charge in [-0.3, -0.25) is 9.59 Å². The summed E-state index contributed by atoms with van der Waals surface area (Å²) < 4.78 is 1.86. The van der Waals surface area contributed by atoms with Crippen LogP contribution < -0.4 is 10.6 Å². The molecule has 1 saturated carbocycles. The van der Waals surface area contributed by atoms with E-state index < -0.39 is 0 Å². The van der Waals surface area contributed by atoms with Gasteiger partial charge in [-0.05, 0) is 55.7 Å². The number of benzene rings is 2. The first-order valence-electron chi connectivity index (χ1n) is 10.3. The number of aromatic nitrogens is 1. The van der Waals surface area contributed by atoms with Crippen LogP contribution >= 0.6 is 23.1 Å². The number of nitrogens with zero attached hydrogens (tertiary/aromatic N) is 1. The van der Waals surface area contributed by atoms with Gasteiger partial charge < -0.3 is 10.6 Å². The van der Waals surface area contributed by atoms with E-state index in [1.807, 2.05) is 49.4 Å². The molecule has 1 aromatic heterocycles. The Morgan fingerprint density at radius 2 is 1.87 bits per heavy atom. The second-order valence-corrected chi connectivity index (χ2v) is 9.95. The summed E-state index contributed by atoms with van der Waals surface area (Å²) in [5.74, 6) is 0.513. The van der Waals surface area contributed by atoms with Crippen LogP contribution in [0.15, 0.2) is 46.8 Å². The number of fused-ring (bicyclic) bond motifs is 1. The predicted octanol–water partition coefficient (Wildman–Crippen LogP) is 5.85. The lowest BCUT2D eigenvalue weighted by Gasteiger charge is -2.20. The molecule has 0 atom stereocenters. The van der Waals surface area contributed by atoms with Gasteiger partial charge in [0.2, 0.25) is 11.8 Å². The molecule has 0 bridgehead atoms. The number of hydrogen-bond donors (Lipinski definition) is 2. The molecule has 7 heteroatoms. The van der Waals surface area contributed by atoms with Crippen molar-refractivity contribution in [2.45, 2.75) is 43.4 Å². The Bertz CT molecular complexity index is 1060. The standard InChI is InChI=1S/C23H25N3O2S2/c1-15-6-5-9-17(12-15)24-21(27)14-29-23-26-19-11-10-18(13-20(19)30-23)25-22(28)16-7-3-2-4-8-16/h5-6,9-13,16H,2-4,7-8,14H2,1H3,(H,24,27)(H,25,28). The number of aryl methyl sites for hydroxylation is 1. The van der Waals surface area contributed by atoms with Gasteiger partial charge in [0.25, 0.3) is 0 Å². The molecule has 1 heterocycles. The number of anilines is 2. The molecule has 2 amide bonds. The van der Waals surface area contributed by atoms with Crippen molar-refractivity contribution >= 4 is 56.5 Å². The predicted molar refractivity (Wildman–Crippen MR) is 125 cm³/mol. The minimum Gasteiger partial charge on any atom is -0.326 e. The zero-order chi connectivity index (χ0) is 20.9. The molecule has 4 rings (SSSR count). The lowest BCUT2D eigenvalue weighted by Crippen LogP contribution is -2.24. The van der Waals surface area contributed by atoms with Gasteiger partial charge in [0, 0.05) is 17.3 Å². The molecule has 2 aromatic carbocycles. The molecule has 5 nitrogen and oxygen atoms in total. The van der Waals surface area contributed by atoms with Crippen LogP contribution in [0.4, 0.5) is 11.4 Å². The summed E-state index contributed by atoms with van der Waals surface area (Å²) in [5, 5.41) is 5.98. The van der Waals surface area contributed by atoms with E-state index >= 15 is 0 Å². The number of thiazole rings is 1. The number of amides is 2. The fraction of sp³-hybridized carbons (Fsp3) is 0.348. The zero-order valence-corrected chi connectivity index (χ0v) is 18.6. The molecule has 2 N–H and O–H groups in total. The molecule has 3 aromatic rings. The van der Waals surface area contributed by atoms with Gasteiger partial charge >= 0.3 is 0 Å². The molecular formula is C23H25N3O2S2. The second-order valence-electron chi connectivity index (χ2n) is 7.69. The third-order valence-corrected chi connectivity index (χ3v) is 7.40. The maximum absolute atomic E-state index is 12.5. The minimum absolute atomic E-state index is 0.0507. The van der Waals surface area contributed by atoms with Crippen LogP contribution in [-0.2, 0) is 9.59 Å². The first kappa shape index (κ1) is 20.9. The Balaban J connectivity index is 1.35. The van der Waals surface area contributed by atoms with Crippen LogP contribution in [0.1, 0.15) is 37.7 Å². The van der Waals surface area contributed by atoms with Crippen LogP contribution in [0.25, 0.3) is 10.2 Å². The summed E-state index contributed by atoms with van der Waals surface area (Å²) in [4.78, 5) is 29.3. The first-order chi connectivity index (χ1) is 14.6. The van der Waals surface area contributed by atoms with Gasteiger partial charge in [0.15, 0.2) is 4.34 Å². The molecule has 0 aliphatic heterocycles. The van der Waals surface area contributed by atoms with Crippen LogP contribution in [0.5, 0.6) is 0 Å². The van der Waals surface area contributed by atoms with Crippen molar-refractivity contribution in [1.82, 2.24) is 4.98 Å². The largest absolute Gasteiger partial charge is 0.326 e. The summed E-state index contributed by atoms with van der Waals surface area (Å²) in [7, 11) is 0. The molecular weight excluding hydrogens is 414 g/mol. The number of nitrogens with one attached hydrogen (secondary N) is 2. The number of carbonyl (C=O) groups is 2. The molecule has 1 aliphatic carbocycles. The highest BCUT2D eigenvalue weighted by atomic mass is 32.2. The van der Waals surface area contributed by atoms with Crippen molar-refractivity contribution in [2.24, 2.45) is 5.92 Å². The maximum atomic E-state index is 12.5. The van der Waals surface area contributed by atoms with Crippen molar-refractivity contribution in [3.63, 3.8) is 0 Å². The summed E-state index contributed by atoms with van der Waals surface area (Å²) in [6.07, 6.45) is 5.49. The topological polar surface area (TPSA) is 71.1 Å². The van der Waals surface area contributed by atoms with Crippen molar-refractivity contribution in [2.75, 3.05) is 16.4 Å². The Labute approximate surface area is 184 Å². The maximum Gasteiger partial charge on any atom is 0.234 e. The fourth-order valence-electron chi connectivity index (χ4n) is 3.70. The van der Waals surface area contributed by atoms with E-state index in [1.54, 1.807) is 11.3 Å². The monoisotopic (exact) mass is 439 g/mol. The highest BCUT2D eigenvalue weighted by molar-refractivity contribution is 8.01. The quantitative estimate of drug-likeness (QED) is 0.472. The summed E-state index contributed by atoms with van der Waals surface area (Å²) in [6, 6.07) is 13.6. The molecule has 156 valence electrons. The summed E-state index contributed by atoms with van der Waals surface area (Å²) in [5.41, 5.74) is 3.62. The Morgan fingerprint density at radius 3 is 2.67 bits per heavy atom. The minimum atomic E-state index is -0.0507. The fourth-order valence-corrected chi connectivity index (χ4v) is 5.61. The highest BCUT2D eigenvalue weighted by Gasteiger charge is 2.21. The van der Waals surface area contributed by atoms with Crippen LogP contribution in [-0.4, -0.2) is 22.6 Å². The Morgan fingerprint density at radius 1 is 1.07 bits per heavy atom. The third kappa shape index (κ3) is 5.40. The molecule has 1 aliphatic rings. The highest BCUT2D eigenvalue weighted by Crippen LogP contribution is 2.32. The van der Waals surface area contributed by atoms with Gasteiger partial charge in [0.05, 0.1) is 16.0 Å².